The van der Waals surface area contributed by atoms with Crippen LogP contribution in [0.2, 0.25) is 5.02 Å². The third-order valence-corrected chi connectivity index (χ3v) is 3.85. The van der Waals surface area contributed by atoms with Crippen LogP contribution in [0.1, 0.15) is 16.1 Å². The fraction of sp³-hybridized carbons (Fsp3) is 0.0625. The largest absolute Gasteiger partial charge is 0.476 e. The summed E-state index contributed by atoms with van der Waals surface area (Å²) in [4.78, 5) is 11.1. The SMILES string of the molecule is O=C(O)c1cc2c(C(F)(F)F)cc(-c3ccc(Cl)cc3)cc2n1O. The predicted octanol–water partition coefficient (Wildman–Crippen LogP) is 4.92. The van der Waals surface area contributed by atoms with Crippen LogP contribution in [0.15, 0.2) is 42.5 Å². The van der Waals surface area contributed by atoms with E-state index in [1.807, 2.05) is 0 Å². The lowest BCUT2D eigenvalue weighted by Gasteiger charge is -2.11. The molecule has 0 atom stereocenters. The first-order valence-electron chi connectivity index (χ1n) is 6.63. The van der Waals surface area contributed by atoms with Crippen LogP contribution in [-0.2, 0) is 6.18 Å². The van der Waals surface area contributed by atoms with Crippen LogP contribution in [0.3, 0.4) is 0 Å². The Kier molecular flexibility index (Phi) is 3.68. The molecular weight excluding hydrogens is 347 g/mol. The number of hydrogen-bond donors (Lipinski definition) is 2. The summed E-state index contributed by atoms with van der Waals surface area (Å²) in [7, 11) is 0. The minimum absolute atomic E-state index is 0.178. The van der Waals surface area contributed by atoms with Crippen LogP contribution in [0.25, 0.3) is 22.0 Å². The van der Waals surface area contributed by atoms with Crippen LogP contribution in [-0.4, -0.2) is 21.0 Å². The van der Waals surface area contributed by atoms with Gasteiger partial charge in [0.15, 0.2) is 5.69 Å². The number of alkyl halides is 3. The quantitative estimate of drug-likeness (QED) is 0.642. The Morgan fingerprint density at radius 2 is 1.67 bits per heavy atom. The second-order valence-electron chi connectivity index (χ2n) is 5.11. The standard InChI is InChI=1S/C16H9ClF3NO3/c17-10-3-1-8(2-4-10)9-5-12(16(18,19)20)11-7-14(15(22)23)21(24)13(11)6-9/h1-7,24H,(H,22,23). The number of aromatic nitrogens is 1. The molecule has 3 aromatic rings. The fourth-order valence-corrected chi connectivity index (χ4v) is 2.61. The number of benzene rings is 2. The van der Waals surface area contributed by atoms with Crippen molar-refractivity contribution in [3.63, 3.8) is 0 Å². The summed E-state index contributed by atoms with van der Waals surface area (Å²) in [6, 6.07) is 9.12. The predicted molar refractivity (Wildman–Crippen MR) is 81.5 cm³/mol. The maximum atomic E-state index is 13.4. The molecule has 24 heavy (non-hydrogen) atoms. The summed E-state index contributed by atoms with van der Waals surface area (Å²) in [5, 5.41) is 19.0. The van der Waals surface area contributed by atoms with Gasteiger partial charge in [0.05, 0.1) is 11.1 Å². The number of hydrogen-bond acceptors (Lipinski definition) is 2. The van der Waals surface area contributed by atoms with Crippen LogP contribution in [0.4, 0.5) is 13.2 Å². The molecule has 8 heteroatoms. The van der Waals surface area contributed by atoms with E-state index in [2.05, 4.69) is 0 Å². The number of carboxylic acid groups (broad SMARTS) is 1. The zero-order chi connectivity index (χ0) is 17.6. The molecule has 0 fully saturated rings. The van der Waals surface area contributed by atoms with Crippen molar-refractivity contribution in [3.8, 4) is 11.1 Å². The van der Waals surface area contributed by atoms with Gasteiger partial charge in [0.25, 0.3) is 0 Å². The number of rotatable bonds is 2. The van der Waals surface area contributed by atoms with Gasteiger partial charge in [0, 0.05) is 10.4 Å². The molecule has 4 nitrogen and oxygen atoms in total. The molecule has 0 bridgehead atoms. The molecule has 1 heterocycles. The van der Waals surface area contributed by atoms with Crippen LogP contribution in [0, 0.1) is 0 Å². The molecule has 0 radical (unpaired) electrons. The lowest BCUT2D eigenvalue weighted by molar-refractivity contribution is -0.136. The highest BCUT2D eigenvalue weighted by molar-refractivity contribution is 6.30. The van der Waals surface area contributed by atoms with Crippen LogP contribution < -0.4 is 0 Å². The Morgan fingerprint density at radius 1 is 1.04 bits per heavy atom. The van der Waals surface area contributed by atoms with Gasteiger partial charge in [-0.2, -0.15) is 17.9 Å². The molecule has 0 saturated carbocycles. The zero-order valence-corrected chi connectivity index (χ0v) is 12.6. The summed E-state index contributed by atoms with van der Waals surface area (Å²) in [6.07, 6.45) is -4.71. The maximum absolute atomic E-state index is 13.4. The Bertz CT molecular complexity index is 946. The van der Waals surface area contributed by atoms with Gasteiger partial charge in [0.1, 0.15) is 0 Å². The van der Waals surface area contributed by atoms with Gasteiger partial charge in [-0.05, 0) is 41.5 Å². The highest BCUT2D eigenvalue weighted by Gasteiger charge is 2.35. The van der Waals surface area contributed by atoms with E-state index in [9.17, 15) is 23.2 Å². The van der Waals surface area contributed by atoms with E-state index >= 15 is 0 Å². The first-order valence-corrected chi connectivity index (χ1v) is 7.01. The van der Waals surface area contributed by atoms with Crippen molar-refractivity contribution in [2.24, 2.45) is 0 Å². The molecule has 3 rings (SSSR count). The number of carbonyl (C=O) groups is 1. The number of aromatic carboxylic acids is 1. The van der Waals surface area contributed by atoms with E-state index in [0.29, 0.717) is 10.6 Å². The Morgan fingerprint density at radius 3 is 2.21 bits per heavy atom. The minimum Gasteiger partial charge on any atom is -0.476 e. The summed E-state index contributed by atoms with van der Waals surface area (Å²) in [5.41, 5.74) is -1.29. The molecule has 0 aliphatic heterocycles. The first kappa shape index (κ1) is 16.2. The summed E-state index contributed by atoms with van der Waals surface area (Å²) >= 11 is 5.77. The van der Waals surface area contributed by atoms with Gasteiger partial charge >= 0.3 is 12.1 Å². The highest BCUT2D eigenvalue weighted by Crippen LogP contribution is 2.39. The average Bonchev–Trinajstić information content (AvgIpc) is 2.83. The molecule has 0 aliphatic carbocycles. The number of fused-ring (bicyclic) bond motifs is 1. The lowest BCUT2D eigenvalue weighted by Crippen LogP contribution is -2.06. The molecule has 0 aliphatic rings. The highest BCUT2D eigenvalue weighted by atomic mass is 35.5. The summed E-state index contributed by atoms with van der Waals surface area (Å²) < 4.78 is 40.3. The van der Waals surface area contributed by atoms with Crippen molar-refractivity contribution in [2.45, 2.75) is 6.18 Å². The summed E-state index contributed by atoms with van der Waals surface area (Å²) in [6.45, 7) is 0. The molecule has 124 valence electrons. The average molecular weight is 356 g/mol. The van der Waals surface area contributed by atoms with E-state index in [1.165, 1.54) is 30.3 Å². The van der Waals surface area contributed by atoms with Crippen molar-refractivity contribution in [3.05, 3.63) is 58.7 Å². The molecular formula is C16H9ClF3NO3. The van der Waals surface area contributed by atoms with Crippen molar-refractivity contribution in [1.82, 2.24) is 4.73 Å². The second kappa shape index (κ2) is 5.45. The van der Waals surface area contributed by atoms with E-state index in [-0.39, 0.29) is 21.2 Å². The smallest absolute Gasteiger partial charge is 0.417 e. The van der Waals surface area contributed by atoms with Crippen LogP contribution >= 0.6 is 11.6 Å². The van der Waals surface area contributed by atoms with Gasteiger partial charge < -0.3 is 10.3 Å². The first-order chi connectivity index (χ1) is 11.2. The second-order valence-corrected chi connectivity index (χ2v) is 5.54. The van der Waals surface area contributed by atoms with E-state index < -0.39 is 23.4 Å². The summed E-state index contributed by atoms with van der Waals surface area (Å²) in [5.74, 6) is -1.53. The van der Waals surface area contributed by atoms with Crippen molar-refractivity contribution in [2.75, 3.05) is 0 Å². The molecule has 0 amide bonds. The zero-order valence-electron chi connectivity index (χ0n) is 11.8. The minimum atomic E-state index is -4.71. The maximum Gasteiger partial charge on any atom is 0.417 e. The van der Waals surface area contributed by atoms with E-state index in [0.717, 1.165) is 12.1 Å². The van der Waals surface area contributed by atoms with Gasteiger partial charge in [-0.1, -0.05) is 23.7 Å². The van der Waals surface area contributed by atoms with Gasteiger partial charge in [-0.25, -0.2) is 4.79 Å². The Hall–Kier alpha value is -2.67. The number of nitrogens with zero attached hydrogens (tertiary/aromatic N) is 1. The molecule has 2 aromatic carbocycles. The van der Waals surface area contributed by atoms with Crippen LogP contribution in [0.5, 0.6) is 0 Å². The van der Waals surface area contributed by atoms with Gasteiger partial charge in [-0.15, -0.1) is 0 Å². The normalized spacial score (nSPS) is 11.8. The molecule has 2 N–H and O–H groups in total. The van der Waals surface area contributed by atoms with E-state index in [4.69, 9.17) is 16.7 Å². The third-order valence-electron chi connectivity index (χ3n) is 3.60. The topological polar surface area (TPSA) is 62.5 Å². The van der Waals surface area contributed by atoms with Crippen molar-refractivity contribution in [1.29, 1.82) is 0 Å². The number of carboxylic acids is 1. The molecule has 0 saturated heterocycles. The van der Waals surface area contributed by atoms with E-state index in [1.54, 1.807) is 0 Å². The van der Waals surface area contributed by atoms with Crippen molar-refractivity contribution >= 4 is 28.5 Å². The fourth-order valence-electron chi connectivity index (χ4n) is 2.49. The van der Waals surface area contributed by atoms with Gasteiger partial charge in [0.2, 0.25) is 0 Å². The van der Waals surface area contributed by atoms with Gasteiger partial charge in [-0.3, -0.25) is 0 Å². The Labute approximate surface area is 138 Å². The third kappa shape index (κ3) is 2.67. The molecule has 1 aromatic heterocycles. The van der Waals surface area contributed by atoms with Crippen molar-refractivity contribution < 1.29 is 28.3 Å². The molecule has 0 spiro atoms. The lowest BCUT2D eigenvalue weighted by atomic mass is 10.00. The Balaban J connectivity index is 2.35. The monoisotopic (exact) mass is 355 g/mol. The molecule has 0 unspecified atom stereocenters. The number of halogens is 4.